The zero-order valence-corrected chi connectivity index (χ0v) is 17.6. The summed E-state index contributed by atoms with van der Waals surface area (Å²) in [4.78, 5) is 0. The number of hydrogen-bond acceptors (Lipinski definition) is 1. The fourth-order valence-corrected chi connectivity index (χ4v) is 20.2. The molecule has 102 valence electrons. The SMILES string of the molecule is CC1=[C](C)[Ge]([O][Ge]2[C](C)=C(C)C(C)=[C]2C)[C](C)=C1C. The third kappa shape index (κ3) is 2.38. The Balaban J connectivity index is 2.30. The van der Waals surface area contributed by atoms with Crippen LogP contribution in [0.2, 0.25) is 0 Å². The molecule has 0 fully saturated rings. The molecule has 2 radical (unpaired) electrons. The first kappa shape index (κ1) is 15.4. The van der Waals surface area contributed by atoms with Crippen molar-refractivity contribution in [2.24, 2.45) is 0 Å². The average molecular weight is 378 g/mol. The summed E-state index contributed by atoms with van der Waals surface area (Å²) in [5, 5.41) is 0. The first-order valence-electron chi connectivity index (χ1n) is 6.91. The normalized spacial score (nSPS) is 22.7. The number of hydrogen-bond donors (Lipinski definition) is 0. The maximum atomic E-state index is 6.80. The second-order valence-electron chi connectivity index (χ2n) is 5.76. The predicted octanol–water partition coefficient (Wildman–Crippen LogP) is 4.52. The van der Waals surface area contributed by atoms with E-state index in [0.29, 0.717) is 0 Å². The minimum atomic E-state index is -1.61. The van der Waals surface area contributed by atoms with Gasteiger partial charge in [0.2, 0.25) is 0 Å². The monoisotopic (exact) mass is 380 g/mol. The van der Waals surface area contributed by atoms with Gasteiger partial charge >= 0.3 is 127 Å². The van der Waals surface area contributed by atoms with Crippen LogP contribution >= 0.6 is 0 Å². The van der Waals surface area contributed by atoms with Gasteiger partial charge in [-0.2, -0.15) is 0 Å². The number of rotatable bonds is 2. The fourth-order valence-electron chi connectivity index (χ4n) is 2.78. The van der Waals surface area contributed by atoms with Crippen LogP contribution in [0, 0.1) is 0 Å². The third-order valence-corrected chi connectivity index (χ3v) is 19.1. The first-order chi connectivity index (χ1) is 8.77. The van der Waals surface area contributed by atoms with Crippen molar-refractivity contribution in [3.63, 3.8) is 0 Å². The Labute approximate surface area is 127 Å². The van der Waals surface area contributed by atoms with Crippen LogP contribution in [0.15, 0.2) is 39.9 Å². The molecule has 0 N–H and O–H groups in total. The van der Waals surface area contributed by atoms with Crippen LogP contribution in [0.4, 0.5) is 0 Å². The van der Waals surface area contributed by atoms with Crippen molar-refractivity contribution in [2.75, 3.05) is 0 Å². The van der Waals surface area contributed by atoms with Gasteiger partial charge in [0, 0.05) is 0 Å². The molecule has 0 unspecified atom stereocenters. The first-order valence-corrected chi connectivity index (χ1v) is 12.8. The molecule has 0 saturated carbocycles. The quantitative estimate of drug-likeness (QED) is 0.643. The van der Waals surface area contributed by atoms with E-state index in [4.69, 9.17) is 2.79 Å². The molecule has 2 aliphatic heterocycles. The Bertz CT molecular complexity index is 463. The second kappa shape index (κ2) is 5.42. The van der Waals surface area contributed by atoms with Gasteiger partial charge < -0.3 is 0 Å². The summed E-state index contributed by atoms with van der Waals surface area (Å²) in [5.74, 6) is 0. The molecule has 0 spiro atoms. The summed E-state index contributed by atoms with van der Waals surface area (Å²) in [7, 11) is 0. The van der Waals surface area contributed by atoms with Gasteiger partial charge in [0.1, 0.15) is 0 Å². The average Bonchev–Trinajstić information content (AvgIpc) is 2.68. The van der Waals surface area contributed by atoms with Crippen molar-refractivity contribution in [3.8, 4) is 0 Å². The van der Waals surface area contributed by atoms with E-state index >= 15 is 0 Å². The van der Waals surface area contributed by atoms with Gasteiger partial charge in [-0.15, -0.1) is 0 Å². The molecule has 2 aliphatic rings. The van der Waals surface area contributed by atoms with Crippen LogP contribution < -0.4 is 0 Å². The van der Waals surface area contributed by atoms with Gasteiger partial charge in [-0.25, -0.2) is 0 Å². The van der Waals surface area contributed by atoms with E-state index in [9.17, 15) is 0 Å². The van der Waals surface area contributed by atoms with E-state index in [0.717, 1.165) is 0 Å². The summed E-state index contributed by atoms with van der Waals surface area (Å²) >= 11 is -3.23. The molecule has 0 aromatic carbocycles. The Morgan fingerprint density at radius 3 is 0.895 bits per heavy atom. The predicted molar refractivity (Wildman–Crippen MR) is 86.1 cm³/mol. The van der Waals surface area contributed by atoms with Gasteiger partial charge in [-0.05, 0) is 0 Å². The zero-order chi connectivity index (χ0) is 14.5. The van der Waals surface area contributed by atoms with Gasteiger partial charge in [0.15, 0.2) is 0 Å². The third-order valence-electron chi connectivity index (χ3n) is 4.94. The van der Waals surface area contributed by atoms with Crippen LogP contribution in [0.5, 0.6) is 0 Å². The second-order valence-corrected chi connectivity index (χ2v) is 17.5. The maximum absolute atomic E-state index is 6.80. The van der Waals surface area contributed by atoms with E-state index in [1.54, 1.807) is 17.6 Å². The summed E-state index contributed by atoms with van der Waals surface area (Å²) in [5.41, 5.74) is 6.00. The van der Waals surface area contributed by atoms with Crippen LogP contribution in [0.3, 0.4) is 0 Å². The molecule has 2 heterocycles. The summed E-state index contributed by atoms with van der Waals surface area (Å²) in [6.45, 7) is 18.3. The van der Waals surface area contributed by atoms with Crippen molar-refractivity contribution in [2.45, 2.75) is 55.4 Å². The van der Waals surface area contributed by atoms with E-state index in [-0.39, 0.29) is 0 Å². The van der Waals surface area contributed by atoms with Crippen molar-refractivity contribution in [3.05, 3.63) is 39.9 Å². The van der Waals surface area contributed by atoms with Crippen LogP contribution in [0.1, 0.15) is 55.4 Å². The van der Waals surface area contributed by atoms with E-state index in [2.05, 4.69) is 55.4 Å². The molecule has 0 bridgehead atoms. The zero-order valence-electron chi connectivity index (χ0n) is 13.4. The molecule has 0 saturated heterocycles. The van der Waals surface area contributed by atoms with Crippen LogP contribution in [-0.4, -0.2) is 29.4 Å². The number of allylic oxidation sites excluding steroid dienone is 8. The van der Waals surface area contributed by atoms with Crippen molar-refractivity contribution in [1.82, 2.24) is 0 Å². The topological polar surface area (TPSA) is 9.23 Å². The van der Waals surface area contributed by atoms with Gasteiger partial charge in [-0.3, -0.25) is 0 Å². The minimum absolute atomic E-state index is 1.50. The van der Waals surface area contributed by atoms with Crippen molar-refractivity contribution < 1.29 is 2.79 Å². The van der Waals surface area contributed by atoms with Crippen molar-refractivity contribution in [1.29, 1.82) is 0 Å². The summed E-state index contributed by atoms with van der Waals surface area (Å²) in [6.07, 6.45) is 0. The standard InChI is InChI=1S/C16H24Ge2O/c1-9-10(2)14(6)17(13(9)5)19-18-15(7)11(3)12(4)16(18)8/h1-8H3. The van der Waals surface area contributed by atoms with Crippen LogP contribution in [0.25, 0.3) is 0 Å². The van der Waals surface area contributed by atoms with Crippen LogP contribution in [-0.2, 0) is 2.79 Å². The molecule has 0 amide bonds. The van der Waals surface area contributed by atoms with Gasteiger partial charge in [-0.1, -0.05) is 0 Å². The van der Waals surface area contributed by atoms with E-state index in [1.807, 2.05) is 0 Å². The van der Waals surface area contributed by atoms with E-state index in [1.165, 1.54) is 22.3 Å². The molecule has 0 atom stereocenters. The van der Waals surface area contributed by atoms with Gasteiger partial charge in [0.25, 0.3) is 0 Å². The molecule has 0 aliphatic carbocycles. The van der Waals surface area contributed by atoms with E-state index < -0.39 is 29.4 Å². The molecule has 2 rings (SSSR count). The molecule has 3 heteroatoms. The molecular formula is C16H24Ge2O. The Morgan fingerprint density at radius 1 is 0.474 bits per heavy atom. The van der Waals surface area contributed by atoms with Crippen molar-refractivity contribution >= 4 is 29.4 Å². The molecule has 1 nitrogen and oxygen atoms in total. The Kier molecular flexibility index (Phi) is 4.39. The molecular weight excluding hydrogens is 353 g/mol. The molecule has 0 aromatic heterocycles. The summed E-state index contributed by atoms with van der Waals surface area (Å²) < 4.78 is 13.1. The Morgan fingerprint density at radius 2 is 0.684 bits per heavy atom. The molecule has 0 aromatic rings. The molecule has 19 heavy (non-hydrogen) atoms. The Hall–Kier alpha value is 0.00571. The van der Waals surface area contributed by atoms with Gasteiger partial charge in [0.05, 0.1) is 0 Å². The summed E-state index contributed by atoms with van der Waals surface area (Å²) in [6, 6.07) is 0. The fraction of sp³-hybridized carbons (Fsp3) is 0.500.